The standard InChI is InChI=1S/C13H9BrN2O2/c14-12-5-4-11(18-12)13(17)16-10-3-1-2-9-8(10)6-7-15-9/h1-7,15H,(H,16,17). The number of benzene rings is 1. The molecule has 2 heterocycles. The molecule has 90 valence electrons. The highest BCUT2D eigenvalue weighted by atomic mass is 79.9. The van der Waals surface area contributed by atoms with Crippen molar-refractivity contribution < 1.29 is 9.21 Å². The Morgan fingerprint density at radius 2 is 2.11 bits per heavy atom. The Balaban J connectivity index is 1.92. The van der Waals surface area contributed by atoms with E-state index < -0.39 is 0 Å². The molecule has 0 aliphatic carbocycles. The average Bonchev–Trinajstić information content (AvgIpc) is 2.97. The molecule has 0 spiro atoms. The Kier molecular flexibility index (Phi) is 2.68. The van der Waals surface area contributed by atoms with Crippen molar-refractivity contribution in [1.29, 1.82) is 0 Å². The van der Waals surface area contributed by atoms with Crippen LogP contribution in [0.3, 0.4) is 0 Å². The van der Waals surface area contributed by atoms with Crippen LogP contribution < -0.4 is 5.32 Å². The number of aromatic amines is 1. The quantitative estimate of drug-likeness (QED) is 0.757. The normalized spacial score (nSPS) is 10.7. The topological polar surface area (TPSA) is 58.0 Å². The van der Waals surface area contributed by atoms with Crippen molar-refractivity contribution in [3.63, 3.8) is 0 Å². The molecule has 0 fully saturated rings. The minimum Gasteiger partial charge on any atom is -0.444 e. The maximum absolute atomic E-state index is 12.0. The molecule has 4 nitrogen and oxygen atoms in total. The second-order valence-electron chi connectivity index (χ2n) is 3.80. The first kappa shape index (κ1) is 11.1. The van der Waals surface area contributed by atoms with E-state index >= 15 is 0 Å². The van der Waals surface area contributed by atoms with Crippen LogP contribution in [0.15, 0.2) is 51.7 Å². The lowest BCUT2D eigenvalue weighted by molar-refractivity contribution is 0.0995. The van der Waals surface area contributed by atoms with Gasteiger partial charge in [0.1, 0.15) is 0 Å². The van der Waals surface area contributed by atoms with Crippen LogP contribution in [0, 0.1) is 0 Å². The smallest absolute Gasteiger partial charge is 0.291 e. The number of furan rings is 1. The van der Waals surface area contributed by atoms with Gasteiger partial charge in [0, 0.05) is 17.1 Å². The Labute approximate surface area is 111 Å². The van der Waals surface area contributed by atoms with E-state index in [1.54, 1.807) is 12.1 Å². The fourth-order valence-electron chi connectivity index (χ4n) is 1.81. The molecule has 5 heteroatoms. The number of amides is 1. The number of fused-ring (bicyclic) bond motifs is 1. The molecular formula is C13H9BrN2O2. The summed E-state index contributed by atoms with van der Waals surface area (Å²) in [5.41, 5.74) is 1.74. The molecule has 18 heavy (non-hydrogen) atoms. The largest absolute Gasteiger partial charge is 0.444 e. The number of halogens is 1. The minimum absolute atomic E-state index is 0.269. The van der Waals surface area contributed by atoms with Crippen LogP contribution in [0.2, 0.25) is 0 Å². The highest BCUT2D eigenvalue weighted by Crippen LogP contribution is 2.23. The number of H-pyrrole nitrogens is 1. The number of carbonyl (C=O) groups excluding carboxylic acids is 1. The van der Waals surface area contributed by atoms with Gasteiger partial charge in [0.15, 0.2) is 10.4 Å². The zero-order valence-electron chi connectivity index (χ0n) is 9.24. The molecule has 2 aromatic heterocycles. The summed E-state index contributed by atoms with van der Waals surface area (Å²) in [6.45, 7) is 0. The number of aromatic nitrogens is 1. The van der Waals surface area contributed by atoms with Gasteiger partial charge in [-0.1, -0.05) is 6.07 Å². The first-order valence-corrected chi connectivity index (χ1v) is 6.16. The molecule has 3 aromatic rings. The van der Waals surface area contributed by atoms with Crippen LogP contribution in [0.25, 0.3) is 10.9 Å². The summed E-state index contributed by atoms with van der Waals surface area (Å²) in [5.74, 6) is 0.00353. The van der Waals surface area contributed by atoms with Gasteiger partial charge in [0.2, 0.25) is 0 Å². The van der Waals surface area contributed by atoms with Crippen LogP contribution in [-0.4, -0.2) is 10.9 Å². The molecule has 3 rings (SSSR count). The first-order chi connectivity index (χ1) is 8.74. The summed E-state index contributed by atoms with van der Waals surface area (Å²) < 4.78 is 5.74. The lowest BCUT2D eigenvalue weighted by Gasteiger charge is -2.04. The molecule has 0 radical (unpaired) electrons. The van der Waals surface area contributed by atoms with Gasteiger partial charge in [-0.3, -0.25) is 4.79 Å². The van der Waals surface area contributed by atoms with E-state index in [1.807, 2.05) is 30.5 Å². The second kappa shape index (κ2) is 4.34. The highest BCUT2D eigenvalue weighted by Gasteiger charge is 2.12. The van der Waals surface area contributed by atoms with Gasteiger partial charge >= 0.3 is 0 Å². The molecule has 1 amide bonds. The molecule has 0 atom stereocenters. The fraction of sp³-hybridized carbons (Fsp3) is 0. The van der Waals surface area contributed by atoms with Crippen molar-refractivity contribution in [2.75, 3.05) is 5.32 Å². The van der Waals surface area contributed by atoms with E-state index in [9.17, 15) is 4.79 Å². The number of rotatable bonds is 2. The molecule has 2 N–H and O–H groups in total. The van der Waals surface area contributed by atoms with Crippen molar-refractivity contribution in [2.45, 2.75) is 0 Å². The van der Waals surface area contributed by atoms with Crippen LogP contribution in [-0.2, 0) is 0 Å². The SMILES string of the molecule is O=C(Nc1cccc2[nH]ccc12)c1ccc(Br)o1. The van der Waals surface area contributed by atoms with E-state index in [0.29, 0.717) is 4.67 Å². The molecule has 0 bridgehead atoms. The predicted molar refractivity (Wildman–Crippen MR) is 72.7 cm³/mol. The summed E-state index contributed by atoms with van der Waals surface area (Å²) in [7, 11) is 0. The van der Waals surface area contributed by atoms with Gasteiger partial charge in [-0.2, -0.15) is 0 Å². The molecule has 0 aliphatic rings. The number of anilines is 1. The van der Waals surface area contributed by atoms with Crippen molar-refractivity contribution in [3.05, 3.63) is 53.0 Å². The zero-order chi connectivity index (χ0) is 12.5. The number of hydrogen-bond donors (Lipinski definition) is 2. The van der Waals surface area contributed by atoms with Crippen molar-refractivity contribution in [2.24, 2.45) is 0 Å². The predicted octanol–water partition coefficient (Wildman–Crippen LogP) is 3.78. The molecular weight excluding hydrogens is 296 g/mol. The number of hydrogen-bond acceptors (Lipinski definition) is 2. The highest BCUT2D eigenvalue weighted by molar-refractivity contribution is 9.10. The molecule has 0 saturated carbocycles. The molecule has 0 unspecified atom stereocenters. The first-order valence-electron chi connectivity index (χ1n) is 5.37. The maximum atomic E-state index is 12.0. The Morgan fingerprint density at radius 3 is 2.89 bits per heavy atom. The summed E-state index contributed by atoms with van der Waals surface area (Å²) in [5, 5.41) is 3.80. The fourth-order valence-corrected chi connectivity index (χ4v) is 2.12. The summed E-state index contributed by atoms with van der Waals surface area (Å²) >= 11 is 3.17. The van der Waals surface area contributed by atoms with Crippen LogP contribution in [0.4, 0.5) is 5.69 Å². The summed E-state index contributed by atoms with van der Waals surface area (Å²) in [6.07, 6.45) is 1.84. The maximum Gasteiger partial charge on any atom is 0.291 e. The monoisotopic (exact) mass is 304 g/mol. The number of nitrogens with one attached hydrogen (secondary N) is 2. The van der Waals surface area contributed by atoms with Gasteiger partial charge in [-0.15, -0.1) is 0 Å². The van der Waals surface area contributed by atoms with Crippen molar-refractivity contribution >= 4 is 38.4 Å². The third-order valence-electron chi connectivity index (χ3n) is 2.64. The van der Waals surface area contributed by atoms with E-state index in [4.69, 9.17) is 4.42 Å². The average molecular weight is 305 g/mol. The number of carbonyl (C=O) groups is 1. The third kappa shape index (κ3) is 1.93. The van der Waals surface area contributed by atoms with Gasteiger partial charge in [0.25, 0.3) is 5.91 Å². The Morgan fingerprint density at radius 1 is 1.22 bits per heavy atom. The van der Waals surface area contributed by atoms with E-state index in [2.05, 4.69) is 26.2 Å². The summed E-state index contributed by atoms with van der Waals surface area (Å²) in [4.78, 5) is 15.1. The zero-order valence-corrected chi connectivity index (χ0v) is 10.8. The van der Waals surface area contributed by atoms with Crippen LogP contribution in [0.5, 0.6) is 0 Å². The van der Waals surface area contributed by atoms with Crippen LogP contribution >= 0.6 is 15.9 Å². The van der Waals surface area contributed by atoms with Crippen molar-refractivity contribution in [3.8, 4) is 0 Å². The Hall–Kier alpha value is -2.01. The minimum atomic E-state index is -0.269. The van der Waals surface area contributed by atoms with Gasteiger partial charge in [-0.25, -0.2) is 0 Å². The van der Waals surface area contributed by atoms with E-state index in [-0.39, 0.29) is 11.7 Å². The third-order valence-corrected chi connectivity index (χ3v) is 3.07. The van der Waals surface area contributed by atoms with E-state index in [0.717, 1.165) is 16.6 Å². The lowest BCUT2D eigenvalue weighted by Crippen LogP contribution is -2.10. The summed E-state index contributed by atoms with van der Waals surface area (Å²) in [6, 6.07) is 10.9. The van der Waals surface area contributed by atoms with Crippen LogP contribution in [0.1, 0.15) is 10.6 Å². The van der Waals surface area contributed by atoms with Gasteiger partial charge < -0.3 is 14.7 Å². The van der Waals surface area contributed by atoms with Gasteiger partial charge in [0.05, 0.1) is 5.69 Å². The van der Waals surface area contributed by atoms with Gasteiger partial charge in [-0.05, 0) is 46.3 Å². The molecule has 0 aliphatic heterocycles. The lowest BCUT2D eigenvalue weighted by atomic mass is 10.2. The van der Waals surface area contributed by atoms with E-state index in [1.165, 1.54) is 0 Å². The second-order valence-corrected chi connectivity index (χ2v) is 4.58. The molecule has 1 aromatic carbocycles. The molecule has 0 saturated heterocycles. The van der Waals surface area contributed by atoms with Crippen molar-refractivity contribution in [1.82, 2.24) is 4.98 Å². The Bertz CT molecular complexity index is 714.